The first-order chi connectivity index (χ1) is 13.5. The summed E-state index contributed by atoms with van der Waals surface area (Å²) < 4.78 is 5.20. The highest BCUT2D eigenvalue weighted by Crippen LogP contribution is 2.29. The Bertz CT molecular complexity index is 985. The van der Waals surface area contributed by atoms with Crippen molar-refractivity contribution in [1.29, 1.82) is 0 Å². The van der Waals surface area contributed by atoms with Crippen LogP contribution in [0.2, 0.25) is 0 Å². The number of carbonyl (C=O) groups excluding carboxylic acids is 1. The number of carbonyl (C=O) groups is 2. The molecule has 0 heterocycles. The van der Waals surface area contributed by atoms with Gasteiger partial charge in [-0.3, -0.25) is 0 Å². The Morgan fingerprint density at radius 1 is 0.893 bits per heavy atom. The smallest absolute Gasteiger partial charge is 0.407 e. The topological polar surface area (TPSA) is 95.9 Å². The van der Waals surface area contributed by atoms with Crippen molar-refractivity contribution in [3.05, 3.63) is 89.5 Å². The van der Waals surface area contributed by atoms with Crippen LogP contribution in [-0.2, 0) is 17.9 Å². The average Bonchev–Trinajstić information content (AvgIpc) is 2.71. The summed E-state index contributed by atoms with van der Waals surface area (Å²) in [6.45, 7) is 0.333. The molecule has 3 rings (SSSR count). The molecule has 28 heavy (non-hydrogen) atoms. The van der Waals surface area contributed by atoms with Crippen molar-refractivity contribution in [2.75, 3.05) is 0 Å². The molecule has 1 amide bonds. The maximum atomic E-state index is 12.0. The van der Waals surface area contributed by atoms with Crippen molar-refractivity contribution >= 4 is 12.1 Å². The zero-order chi connectivity index (χ0) is 19.9. The second-order valence-electron chi connectivity index (χ2n) is 6.11. The number of aromatic carboxylic acids is 1. The summed E-state index contributed by atoms with van der Waals surface area (Å²) in [7, 11) is 0. The largest absolute Gasteiger partial charge is 0.508 e. The van der Waals surface area contributed by atoms with Gasteiger partial charge >= 0.3 is 12.1 Å². The first-order valence-electron chi connectivity index (χ1n) is 8.63. The van der Waals surface area contributed by atoms with Gasteiger partial charge in [-0.05, 0) is 40.5 Å². The van der Waals surface area contributed by atoms with Gasteiger partial charge in [0.05, 0.1) is 5.56 Å². The number of ether oxygens (including phenoxy) is 1. The predicted molar refractivity (Wildman–Crippen MR) is 104 cm³/mol. The number of phenols is 1. The van der Waals surface area contributed by atoms with Crippen LogP contribution >= 0.6 is 0 Å². The van der Waals surface area contributed by atoms with Gasteiger partial charge < -0.3 is 20.3 Å². The molecule has 0 aliphatic heterocycles. The van der Waals surface area contributed by atoms with Crippen molar-refractivity contribution < 1.29 is 24.5 Å². The molecule has 0 aliphatic carbocycles. The summed E-state index contributed by atoms with van der Waals surface area (Å²) >= 11 is 0. The molecule has 142 valence electrons. The Morgan fingerprint density at radius 2 is 1.61 bits per heavy atom. The minimum Gasteiger partial charge on any atom is -0.508 e. The molecule has 3 aromatic carbocycles. The van der Waals surface area contributed by atoms with E-state index in [4.69, 9.17) is 4.74 Å². The van der Waals surface area contributed by atoms with Crippen LogP contribution in [0.25, 0.3) is 11.1 Å². The molecule has 3 N–H and O–H groups in total. The third kappa shape index (κ3) is 4.67. The lowest BCUT2D eigenvalue weighted by molar-refractivity contribution is 0.0697. The van der Waals surface area contributed by atoms with Crippen LogP contribution in [0, 0.1) is 0 Å². The summed E-state index contributed by atoms with van der Waals surface area (Å²) in [5, 5.41) is 21.7. The molecule has 0 unspecified atom stereocenters. The summed E-state index contributed by atoms with van der Waals surface area (Å²) in [6, 6.07) is 20.7. The van der Waals surface area contributed by atoms with E-state index >= 15 is 0 Å². The van der Waals surface area contributed by atoms with E-state index < -0.39 is 12.1 Å². The number of alkyl carbamates (subject to hydrolysis) is 1. The highest BCUT2D eigenvalue weighted by Gasteiger charge is 2.15. The lowest BCUT2D eigenvalue weighted by Gasteiger charge is -2.13. The second kappa shape index (κ2) is 8.73. The van der Waals surface area contributed by atoms with Crippen molar-refractivity contribution in [3.63, 3.8) is 0 Å². The molecular formula is C22H19NO5. The molecule has 6 nitrogen and oxygen atoms in total. The molecular weight excluding hydrogens is 358 g/mol. The number of hydrogen-bond acceptors (Lipinski definition) is 4. The normalized spacial score (nSPS) is 10.3. The number of rotatable bonds is 6. The maximum Gasteiger partial charge on any atom is 0.407 e. The fourth-order valence-corrected chi connectivity index (χ4v) is 2.82. The van der Waals surface area contributed by atoms with E-state index in [1.165, 1.54) is 12.1 Å². The Balaban J connectivity index is 1.73. The summed E-state index contributed by atoms with van der Waals surface area (Å²) in [4.78, 5) is 23.5. The number of hydrogen-bond donors (Lipinski definition) is 3. The van der Waals surface area contributed by atoms with Gasteiger partial charge in [0.1, 0.15) is 12.4 Å². The van der Waals surface area contributed by atoms with Crippen LogP contribution in [0.5, 0.6) is 5.75 Å². The number of benzene rings is 3. The monoisotopic (exact) mass is 377 g/mol. The lowest BCUT2D eigenvalue weighted by Crippen LogP contribution is -2.24. The number of carboxylic acid groups (broad SMARTS) is 1. The first kappa shape index (κ1) is 19.0. The highest BCUT2D eigenvalue weighted by atomic mass is 16.5. The highest BCUT2D eigenvalue weighted by molar-refractivity contribution is 5.97. The number of nitrogens with one attached hydrogen (secondary N) is 1. The fourth-order valence-electron chi connectivity index (χ4n) is 2.82. The third-order valence-electron chi connectivity index (χ3n) is 4.18. The van der Waals surface area contributed by atoms with Crippen LogP contribution < -0.4 is 5.32 Å². The number of amides is 1. The van der Waals surface area contributed by atoms with Gasteiger partial charge in [-0.15, -0.1) is 0 Å². The standard InChI is InChI=1S/C22H19NO5/c24-17-10-11-19(20(12-17)21(25)26)18-9-5-4-8-16(18)13-23-22(27)28-14-15-6-2-1-3-7-15/h1-12,24H,13-14H2,(H,23,27)(H,25,26). The molecule has 0 fully saturated rings. The quantitative estimate of drug-likeness (QED) is 0.599. The molecule has 6 heteroatoms. The van der Waals surface area contributed by atoms with E-state index in [0.717, 1.165) is 11.1 Å². The Kier molecular flexibility index (Phi) is 5.91. The fraction of sp³-hybridized carbons (Fsp3) is 0.0909. The van der Waals surface area contributed by atoms with Gasteiger partial charge in [-0.1, -0.05) is 54.6 Å². The lowest BCUT2D eigenvalue weighted by atomic mass is 9.95. The van der Waals surface area contributed by atoms with Gasteiger partial charge in [0.15, 0.2) is 0 Å². The van der Waals surface area contributed by atoms with Crippen molar-refractivity contribution in [1.82, 2.24) is 5.32 Å². The van der Waals surface area contributed by atoms with Crippen LogP contribution in [0.4, 0.5) is 4.79 Å². The molecule has 0 bridgehead atoms. The molecule has 3 aromatic rings. The van der Waals surface area contributed by atoms with Crippen LogP contribution in [0.3, 0.4) is 0 Å². The SMILES string of the molecule is O=C(NCc1ccccc1-c1ccc(O)cc1C(=O)O)OCc1ccccc1. The van der Waals surface area contributed by atoms with E-state index in [1.54, 1.807) is 30.3 Å². The third-order valence-corrected chi connectivity index (χ3v) is 4.18. The molecule has 0 spiro atoms. The number of phenolic OH excluding ortho intramolecular Hbond substituents is 1. The molecule has 0 saturated carbocycles. The van der Waals surface area contributed by atoms with Crippen molar-refractivity contribution in [2.45, 2.75) is 13.2 Å². The van der Waals surface area contributed by atoms with Gasteiger partial charge in [-0.25, -0.2) is 9.59 Å². The number of carboxylic acids is 1. The summed E-state index contributed by atoms with van der Waals surface area (Å²) in [6.07, 6.45) is -0.567. The molecule has 0 atom stereocenters. The first-order valence-corrected chi connectivity index (χ1v) is 8.63. The summed E-state index contributed by atoms with van der Waals surface area (Å²) in [5.41, 5.74) is 2.71. The van der Waals surface area contributed by atoms with Gasteiger partial charge in [0.25, 0.3) is 0 Å². The van der Waals surface area contributed by atoms with E-state index in [2.05, 4.69) is 5.32 Å². The van der Waals surface area contributed by atoms with Crippen molar-refractivity contribution in [2.24, 2.45) is 0 Å². The Morgan fingerprint density at radius 3 is 2.36 bits per heavy atom. The molecule has 0 aliphatic rings. The Labute approximate surface area is 162 Å². The zero-order valence-electron chi connectivity index (χ0n) is 15.0. The number of aromatic hydroxyl groups is 1. The second-order valence-corrected chi connectivity index (χ2v) is 6.11. The van der Waals surface area contributed by atoms with E-state index in [9.17, 15) is 19.8 Å². The minimum absolute atomic E-state index is 0.0147. The van der Waals surface area contributed by atoms with E-state index in [0.29, 0.717) is 11.1 Å². The van der Waals surface area contributed by atoms with Gasteiger partial charge in [-0.2, -0.15) is 0 Å². The molecule has 0 aromatic heterocycles. The van der Waals surface area contributed by atoms with E-state index in [1.807, 2.05) is 30.3 Å². The predicted octanol–water partition coefficient (Wildman–Crippen LogP) is 4.18. The maximum absolute atomic E-state index is 12.0. The zero-order valence-corrected chi connectivity index (χ0v) is 15.0. The van der Waals surface area contributed by atoms with Crippen LogP contribution in [-0.4, -0.2) is 22.3 Å². The van der Waals surface area contributed by atoms with Crippen LogP contribution in [0.1, 0.15) is 21.5 Å². The average molecular weight is 377 g/mol. The molecule has 0 radical (unpaired) electrons. The van der Waals surface area contributed by atoms with Gasteiger partial charge in [0.2, 0.25) is 0 Å². The van der Waals surface area contributed by atoms with Crippen molar-refractivity contribution in [3.8, 4) is 16.9 Å². The summed E-state index contributed by atoms with van der Waals surface area (Å²) in [5.74, 6) is -1.27. The molecule has 0 saturated heterocycles. The van der Waals surface area contributed by atoms with Gasteiger partial charge in [0, 0.05) is 6.54 Å². The van der Waals surface area contributed by atoms with E-state index in [-0.39, 0.29) is 24.5 Å². The minimum atomic E-state index is -1.14. The Hall–Kier alpha value is -3.80. The van der Waals surface area contributed by atoms with Crippen LogP contribution in [0.15, 0.2) is 72.8 Å².